The van der Waals surface area contributed by atoms with Gasteiger partial charge in [-0.25, -0.2) is 0 Å². The summed E-state index contributed by atoms with van der Waals surface area (Å²) in [7, 11) is 0. The molecule has 2 heteroatoms. The minimum Gasteiger partial charge on any atom is -0.333 e. The number of anilines is 2. The van der Waals surface area contributed by atoms with E-state index in [-0.39, 0.29) is 11.5 Å². The van der Waals surface area contributed by atoms with E-state index in [9.17, 15) is 0 Å². The molecule has 62 heavy (non-hydrogen) atoms. The van der Waals surface area contributed by atoms with Crippen molar-refractivity contribution in [2.45, 2.75) is 75.7 Å². The lowest BCUT2D eigenvalue weighted by atomic mass is 9.74. The fourth-order valence-electron chi connectivity index (χ4n) is 11.9. The van der Waals surface area contributed by atoms with E-state index in [4.69, 9.17) is 0 Å². The number of thiophene rings is 1. The van der Waals surface area contributed by atoms with Gasteiger partial charge in [0.05, 0.1) is 6.04 Å². The molecule has 0 saturated heterocycles. The first kappa shape index (κ1) is 37.5. The van der Waals surface area contributed by atoms with Crippen LogP contribution in [-0.4, -0.2) is 6.04 Å². The summed E-state index contributed by atoms with van der Waals surface area (Å²) in [5, 5.41) is 5.64. The van der Waals surface area contributed by atoms with Gasteiger partial charge in [-0.3, -0.25) is 0 Å². The van der Waals surface area contributed by atoms with E-state index in [1.807, 2.05) is 11.3 Å². The summed E-state index contributed by atoms with van der Waals surface area (Å²) in [6, 6.07) is 60.1. The van der Waals surface area contributed by atoms with Gasteiger partial charge in [0.25, 0.3) is 0 Å². The Bertz CT molecular complexity index is 3230. The van der Waals surface area contributed by atoms with Crippen molar-refractivity contribution < 1.29 is 0 Å². The Labute approximate surface area is 369 Å². The highest BCUT2D eigenvalue weighted by Gasteiger charge is 2.43. The molecule has 4 aliphatic carbocycles. The molecule has 1 nitrogen and oxygen atoms in total. The molecule has 8 aromatic rings. The van der Waals surface area contributed by atoms with Gasteiger partial charge in [0.15, 0.2) is 0 Å². The molecule has 1 saturated carbocycles. The monoisotopic (exact) mass is 817 g/mol. The number of nitrogens with zero attached hydrogens (tertiary/aromatic N) is 1. The maximum absolute atomic E-state index is 2.75. The van der Waals surface area contributed by atoms with Crippen LogP contribution in [-0.2, 0) is 5.41 Å². The van der Waals surface area contributed by atoms with Crippen molar-refractivity contribution in [3.8, 4) is 22.3 Å². The molecule has 302 valence electrons. The highest BCUT2D eigenvalue weighted by Crippen LogP contribution is 2.57. The van der Waals surface area contributed by atoms with Gasteiger partial charge < -0.3 is 4.90 Å². The molecule has 12 rings (SSSR count). The van der Waals surface area contributed by atoms with Crippen LogP contribution in [0.4, 0.5) is 11.4 Å². The second-order valence-corrected chi connectivity index (χ2v) is 19.2. The summed E-state index contributed by atoms with van der Waals surface area (Å²) >= 11 is 1.92. The molecule has 1 aromatic heterocycles. The smallest absolute Gasteiger partial charge is 0.0629 e. The second-order valence-electron chi connectivity index (χ2n) is 18.1. The van der Waals surface area contributed by atoms with Crippen molar-refractivity contribution in [3.63, 3.8) is 0 Å². The SMILES string of the molecule is CC1(c2ccccc2)c2ccccc2-c2c(N(c3cccc(-c4cccc5c4sc4ccccc45)c3)C3CC=CC=C3C3=c4c(C5CCCCC5)cccc4=CCC3)cccc21. The number of rotatable bonds is 7. The maximum atomic E-state index is 2.75. The van der Waals surface area contributed by atoms with E-state index in [1.54, 1.807) is 11.1 Å². The first-order valence-corrected chi connectivity index (χ1v) is 23.8. The lowest BCUT2D eigenvalue weighted by molar-refractivity contribution is 0.442. The highest BCUT2D eigenvalue weighted by molar-refractivity contribution is 7.26. The van der Waals surface area contributed by atoms with Gasteiger partial charge in [0, 0.05) is 42.5 Å². The van der Waals surface area contributed by atoms with Crippen LogP contribution < -0.4 is 15.3 Å². The average molecular weight is 818 g/mol. The molecule has 7 aromatic carbocycles. The molecular weight excluding hydrogens is 767 g/mol. The van der Waals surface area contributed by atoms with Crippen molar-refractivity contribution >= 4 is 54.5 Å². The maximum Gasteiger partial charge on any atom is 0.0629 e. The van der Waals surface area contributed by atoms with E-state index in [0.717, 1.165) is 19.3 Å². The fourth-order valence-corrected chi connectivity index (χ4v) is 13.1. The highest BCUT2D eigenvalue weighted by atomic mass is 32.1. The van der Waals surface area contributed by atoms with E-state index < -0.39 is 0 Å². The molecule has 2 atom stereocenters. The topological polar surface area (TPSA) is 3.24 Å². The normalized spacial score (nSPS) is 19.5. The zero-order valence-corrected chi connectivity index (χ0v) is 36.3. The molecule has 4 aliphatic rings. The number of hydrogen-bond acceptors (Lipinski definition) is 2. The summed E-state index contributed by atoms with van der Waals surface area (Å²) in [4.78, 5) is 2.75. The van der Waals surface area contributed by atoms with Crippen molar-refractivity contribution in [2.24, 2.45) is 0 Å². The van der Waals surface area contributed by atoms with Gasteiger partial charge in [-0.05, 0) is 130 Å². The predicted molar refractivity (Wildman–Crippen MR) is 265 cm³/mol. The molecule has 0 spiro atoms. The van der Waals surface area contributed by atoms with Crippen LogP contribution in [0.1, 0.15) is 86.5 Å². The first-order chi connectivity index (χ1) is 30.7. The predicted octanol–water partition coefficient (Wildman–Crippen LogP) is 14.9. The summed E-state index contributed by atoms with van der Waals surface area (Å²) in [6.07, 6.45) is 19.5. The zero-order valence-electron chi connectivity index (χ0n) is 35.5. The van der Waals surface area contributed by atoms with Gasteiger partial charge >= 0.3 is 0 Å². The number of fused-ring (bicyclic) bond motifs is 7. The van der Waals surface area contributed by atoms with Crippen LogP contribution in [0.3, 0.4) is 0 Å². The van der Waals surface area contributed by atoms with Gasteiger partial charge in [0.1, 0.15) is 0 Å². The number of benzene rings is 7. The summed E-state index contributed by atoms with van der Waals surface area (Å²) in [6.45, 7) is 2.44. The van der Waals surface area contributed by atoms with Crippen LogP contribution >= 0.6 is 11.3 Å². The first-order valence-electron chi connectivity index (χ1n) is 22.9. The lowest BCUT2D eigenvalue weighted by Crippen LogP contribution is -2.40. The minimum atomic E-state index is -0.291. The molecule has 1 heterocycles. The van der Waals surface area contributed by atoms with Crippen LogP contribution in [0.15, 0.2) is 182 Å². The number of allylic oxidation sites excluding steroid dienone is 2. The Morgan fingerprint density at radius 2 is 1.42 bits per heavy atom. The number of hydrogen-bond donors (Lipinski definition) is 0. The van der Waals surface area contributed by atoms with Crippen molar-refractivity contribution in [1.82, 2.24) is 0 Å². The molecule has 0 bridgehead atoms. The standard InChI is InChI=1S/C60H51NS/c1-60(43-24-6-3-7-25-43)52-34-11-8-29-51(52)58-53(60)35-18-37-55(58)61(44-26-14-23-42(39-44)46-31-17-33-50-48-28-10-13-38-56(48)62-59(46)50)54-36-12-9-27-47(54)49-32-16-22-41-21-15-30-45(57(41)49)40-19-4-2-5-20-40/h3,6-15,17-18,21-31,33-35,37-40,54H,2,4-5,16,19-20,32,36H2,1H3. The molecule has 0 radical (unpaired) electrons. The van der Waals surface area contributed by atoms with Crippen molar-refractivity contribution in [1.29, 1.82) is 0 Å². The Morgan fingerprint density at radius 3 is 2.34 bits per heavy atom. The van der Waals surface area contributed by atoms with E-state index >= 15 is 0 Å². The third-order valence-electron chi connectivity index (χ3n) is 14.8. The quantitative estimate of drug-likeness (QED) is 0.155. The molecule has 2 unspecified atom stereocenters. The summed E-state index contributed by atoms with van der Waals surface area (Å²) < 4.78 is 2.69. The van der Waals surface area contributed by atoms with Gasteiger partial charge in [-0.2, -0.15) is 0 Å². The summed E-state index contributed by atoms with van der Waals surface area (Å²) in [5.41, 5.74) is 16.2. The van der Waals surface area contributed by atoms with Crippen molar-refractivity contribution in [3.05, 3.63) is 214 Å². The molecular formula is C60H51NS. The average Bonchev–Trinajstić information content (AvgIpc) is 3.86. The molecule has 0 amide bonds. The Kier molecular flexibility index (Phi) is 9.26. The van der Waals surface area contributed by atoms with Gasteiger partial charge in [-0.15, -0.1) is 11.3 Å². The van der Waals surface area contributed by atoms with Gasteiger partial charge in [0.2, 0.25) is 0 Å². The molecule has 0 aliphatic heterocycles. The minimum absolute atomic E-state index is 0.0953. The van der Waals surface area contributed by atoms with Gasteiger partial charge in [-0.1, -0.05) is 177 Å². The third kappa shape index (κ3) is 5.94. The molecule has 1 fully saturated rings. The molecule has 0 N–H and O–H groups in total. The van der Waals surface area contributed by atoms with Crippen LogP contribution in [0.5, 0.6) is 0 Å². The Balaban J connectivity index is 1.11. The Morgan fingerprint density at radius 1 is 0.661 bits per heavy atom. The van der Waals surface area contributed by atoms with E-state index in [0.29, 0.717) is 5.92 Å². The lowest BCUT2D eigenvalue weighted by Gasteiger charge is -2.39. The second kappa shape index (κ2) is 15.3. The van der Waals surface area contributed by atoms with Crippen molar-refractivity contribution in [2.75, 3.05) is 4.90 Å². The van der Waals surface area contributed by atoms with E-state index in [2.05, 4.69) is 194 Å². The third-order valence-corrected chi connectivity index (χ3v) is 16.0. The van der Waals surface area contributed by atoms with Crippen LogP contribution in [0, 0.1) is 0 Å². The van der Waals surface area contributed by atoms with Crippen LogP contribution in [0.2, 0.25) is 0 Å². The zero-order chi connectivity index (χ0) is 41.2. The van der Waals surface area contributed by atoms with E-state index in [1.165, 1.54) is 119 Å². The summed E-state index contributed by atoms with van der Waals surface area (Å²) in [5.74, 6) is 0.632. The largest absolute Gasteiger partial charge is 0.333 e. The fraction of sp³-hybridized carbons (Fsp3) is 0.200. The van der Waals surface area contributed by atoms with Crippen LogP contribution in [0.25, 0.3) is 54.1 Å². The Hall–Kier alpha value is -6.22.